The number of ether oxygens (including phenoxy) is 2. The van der Waals surface area contributed by atoms with Crippen LogP contribution in [0.25, 0.3) is 0 Å². The number of carbonyl (C=O) groups excluding carboxylic acids is 2. The third-order valence-corrected chi connectivity index (χ3v) is 6.52. The second kappa shape index (κ2) is 18.6. The summed E-state index contributed by atoms with van der Waals surface area (Å²) in [6.07, 6.45) is 3.04. The van der Waals surface area contributed by atoms with Crippen molar-refractivity contribution in [2.75, 3.05) is 45.7 Å². The van der Waals surface area contributed by atoms with Gasteiger partial charge in [0.15, 0.2) is 0 Å². The van der Waals surface area contributed by atoms with E-state index >= 15 is 0 Å². The largest absolute Gasteiger partial charge is 0.369 e. The van der Waals surface area contributed by atoms with E-state index in [1.54, 1.807) is 21.6 Å². The van der Waals surface area contributed by atoms with Crippen LogP contribution < -0.4 is 16.0 Å². The van der Waals surface area contributed by atoms with E-state index in [0.717, 1.165) is 18.5 Å². The van der Waals surface area contributed by atoms with E-state index in [1.807, 2.05) is 44.4 Å². The van der Waals surface area contributed by atoms with Gasteiger partial charge in [-0.1, -0.05) is 66.3 Å². The molecule has 1 aromatic rings. The minimum Gasteiger partial charge on any atom is -0.369 e. The van der Waals surface area contributed by atoms with E-state index in [9.17, 15) is 9.59 Å². The van der Waals surface area contributed by atoms with Crippen LogP contribution in [0.5, 0.6) is 0 Å². The van der Waals surface area contributed by atoms with Crippen molar-refractivity contribution in [2.45, 2.75) is 45.6 Å². The highest BCUT2D eigenvalue weighted by atomic mass is 33.1. The Hall–Kier alpha value is -1.70. The maximum absolute atomic E-state index is 12.3. The van der Waals surface area contributed by atoms with E-state index in [4.69, 9.17) is 9.47 Å². The molecule has 0 fully saturated rings. The number of benzene rings is 1. The highest BCUT2D eigenvalue weighted by Crippen LogP contribution is 2.37. The fourth-order valence-electron chi connectivity index (χ4n) is 2.63. The lowest BCUT2D eigenvalue weighted by Crippen LogP contribution is -2.35. The number of carbonyl (C=O) groups is 2. The molecule has 0 radical (unpaired) electrons. The summed E-state index contributed by atoms with van der Waals surface area (Å²) in [7, 11) is 3.18. The minimum absolute atomic E-state index is 0.0241. The van der Waals surface area contributed by atoms with E-state index in [2.05, 4.69) is 41.6 Å². The third kappa shape index (κ3) is 13.9. The lowest BCUT2D eigenvalue weighted by molar-refractivity contribution is -0.126. The molecule has 0 saturated heterocycles. The molecule has 0 spiro atoms. The van der Waals surface area contributed by atoms with Gasteiger partial charge in [0.2, 0.25) is 5.91 Å². The van der Waals surface area contributed by atoms with Gasteiger partial charge in [-0.15, -0.1) is 0 Å². The van der Waals surface area contributed by atoms with Gasteiger partial charge in [0.05, 0.1) is 19.8 Å². The summed E-state index contributed by atoms with van der Waals surface area (Å²) in [6.45, 7) is 10.5. The summed E-state index contributed by atoms with van der Waals surface area (Å²) in [4.78, 5) is 24.1. The molecular formula is C25H39N3O4S2. The predicted molar refractivity (Wildman–Crippen MR) is 143 cm³/mol. The van der Waals surface area contributed by atoms with Gasteiger partial charge in [0.25, 0.3) is 5.91 Å². The molecule has 2 atom stereocenters. The Labute approximate surface area is 212 Å². The van der Waals surface area contributed by atoms with Crippen LogP contribution in [0.1, 0.15) is 55.5 Å². The van der Waals surface area contributed by atoms with Crippen molar-refractivity contribution in [2.24, 2.45) is 5.92 Å². The first-order valence-corrected chi connectivity index (χ1v) is 14.2. The van der Waals surface area contributed by atoms with Crippen molar-refractivity contribution in [3.05, 3.63) is 35.4 Å². The normalized spacial score (nSPS) is 12.5. The van der Waals surface area contributed by atoms with E-state index in [-0.39, 0.29) is 29.8 Å². The zero-order valence-corrected chi connectivity index (χ0v) is 22.6. The summed E-state index contributed by atoms with van der Waals surface area (Å²) >= 11 is 0. The summed E-state index contributed by atoms with van der Waals surface area (Å²) in [5.41, 5.74) is 1.39. The third-order valence-electron chi connectivity index (χ3n) is 4.64. The monoisotopic (exact) mass is 509 g/mol. The number of nitrogens with one attached hydrogen (secondary N) is 3. The maximum Gasteiger partial charge on any atom is 0.251 e. The molecule has 1 aromatic carbocycles. The van der Waals surface area contributed by atoms with Gasteiger partial charge in [-0.25, -0.2) is 0 Å². The molecule has 34 heavy (non-hydrogen) atoms. The molecule has 3 N–H and O–H groups in total. The van der Waals surface area contributed by atoms with Crippen molar-refractivity contribution in [1.82, 2.24) is 16.0 Å². The van der Waals surface area contributed by atoms with Crippen molar-refractivity contribution in [3.8, 4) is 11.8 Å². The Morgan fingerprint density at radius 3 is 2.44 bits per heavy atom. The molecule has 0 aliphatic carbocycles. The standard InChI is InChI=1S/C25H39N3O4S2/c1-6-20(4)26-14-15-28-24(30)21-9-11-22(12-10-21)25(34-33-5)32-17-16-31-18-23(29)27-13-7-8-19(2)3/h9-12,19-20,25-26H,6,13-18H2,1-5H3,(H,27,29)(H,28,30). The first-order chi connectivity index (χ1) is 16.4. The summed E-state index contributed by atoms with van der Waals surface area (Å²) < 4.78 is 11.3. The zero-order valence-electron chi connectivity index (χ0n) is 20.9. The average Bonchev–Trinajstić information content (AvgIpc) is 2.83. The van der Waals surface area contributed by atoms with Crippen LogP contribution in [0.3, 0.4) is 0 Å². The summed E-state index contributed by atoms with van der Waals surface area (Å²) in [5, 5.41) is 8.98. The smallest absolute Gasteiger partial charge is 0.251 e. The van der Waals surface area contributed by atoms with Gasteiger partial charge < -0.3 is 25.4 Å². The van der Waals surface area contributed by atoms with E-state index < -0.39 is 0 Å². The van der Waals surface area contributed by atoms with Crippen LogP contribution >= 0.6 is 21.6 Å². The molecule has 0 aromatic heterocycles. The number of amides is 2. The molecule has 7 nitrogen and oxygen atoms in total. The predicted octanol–water partition coefficient (Wildman–Crippen LogP) is 3.62. The van der Waals surface area contributed by atoms with Crippen LogP contribution in [0.2, 0.25) is 0 Å². The molecule has 0 heterocycles. The van der Waals surface area contributed by atoms with Crippen molar-refractivity contribution >= 4 is 33.4 Å². The quantitative estimate of drug-likeness (QED) is 0.136. The lowest BCUT2D eigenvalue weighted by Gasteiger charge is -2.17. The first-order valence-electron chi connectivity index (χ1n) is 11.6. The molecule has 0 saturated carbocycles. The number of hydrogen-bond acceptors (Lipinski definition) is 7. The SMILES string of the molecule is CCC(C)NCCNC(=O)c1ccc(C(OCCOCC(=O)NCC#CC(C)C)SSC)cc1. The van der Waals surface area contributed by atoms with Gasteiger partial charge in [0.1, 0.15) is 12.0 Å². The molecule has 0 bridgehead atoms. The average molecular weight is 510 g/mol. The Morgan fingerprint density at radius 1 is 1.06 bits per heavy atom. The molecule has 190 valence electrons. The number of rotatable bonds is 16. The van der Waals surface area contributed by atoms with E-state index in [1.165, 1.54) is 0 Å². The van der Waals surface area contributed by atoms with Crippen LogP contribution in [-0.2, 0) is 14.3 Å². The Bertz CT molecular complexity index is 779. The van der Waals surface area contributed by atoms with Gasteiger partial charge >= 0.3 is 0 Å². The Morgan fingerprint density at radius 2 is 1.79 bits per heavy atom. The zero-order chi connectivity index (χ0) is 25.2. The van der Waals surface area contributed by atoms with Crippen LogP contribution in [0.4, 0.5) is 0 Å². The van der Waals surface area contributed by atoms with Crippen LogP contribution in [0.15, 0.2) is 24.3 Å². The molecule has 2 unspecified atom stereocenters. The minimum atomic E-state index is -0.199. The van der Waals surface area contributed by atoms with Gasteiger partial charge in [0, 0.05) is 30.6 Å². The fourth-order valence-corrected chi connectivity index (χ4v) is 4.25. The van der Waals surface area contributed by atoms with Crippen LogP contribution in [-0.4, -0.2) is 63.6 Å². The maximum atomic E-state index is 12.3. The summed E-state index contributed by atoms with van der Waals surface area (Å²) in [6, 6.07) is 7.89. The second-order valence-corrected chi connectivity index (χ2v) is 10.4. The van der Waals surface area contributed by atoms with Crippen molar-refractivity contribution in [3.63, 3.8) is 0 Å². The van der Waals surface area contributed by atoms with Gasteiger partial charge in [-0.2, -0.15) is 0 Å². The summed E-state index contributed by atoms with van der Waals surface area (Å²) in [5.74, 6) is 5.89. The van der Waals surface area contributed by atoms with Gasteiger partial charge in [-0.05, 0) is 37.3 Å². The number of hydrogen-bond donors (Lipinski definition) is 3. The lowest BCUT2D eigenvalue weighted by atomic mass is 10.1. The fraction of sp³-hybridized carbons (Fsp3) is 0.600. The molecule has 0 aliphatic rings. The molecule has 0 aliphatic heterocycles. The Balaban J connectivity index is 2.38. The highest BCUT2D eigenvalue weighted by molar-refractivity contribution is 8.76. The topological polar surface area (TPSA) is 88.7 Å². The van der Waals surface area contributed by atoms with Crippen molar-refractivity contribution < 1.29 is 19.1 Å². The first kappa shape index (κ1) is 30.3. The van der Waals surface area contributed by atoms with E-state index in [0.29, 0.717) is 37.9 Å². The van der Waals surface area contributed by atoms with Crippen LogP contribution in [0, 0.1) is 17.8 Å². The van der Waals surface area contributed by atoms with Crippen molar-refractivity contribution in [1.29, 1.82) is 0 Å². The molecule has 1 rings (SSSR count). The van der Waals surface area contributed by atoms with Gasteiger partial charge in [-0.3, -0.25) is 9.59 Å². The second-order valence-electron chi connectivity index (χ2n) is 7.91. The molecule has 2 amide bonds. The Kier molecular flexibility index (Phi) is 16.6. The highest BCUT2D eigenvalue weighted by Gasteiger charge is 2.14. The molecule has 9 heteroatoms. The molecular weight excluding hydrogens is 470 g/mol.